The summed E-state index contributed by atoms with van der Waals surface area (Å²) in [6.07, 6.45) is 4.17. The van der Waals surface area contributed by atoms with Crippen molar-refractivity contribution >= 4 is 11.9 Å². The molecule has 0 saturated carbocycles. The number of hydrogen-bond acceptors (Lipinski definition) is 4. The largest absolute Gasteiger partial charge is 0.456 e. The molecule has 0 spiro atoms. The van der Waals surface area contributed by atoms with Gasteiger partial charge in [0.2, 0.25) is 5.91 Å². The first-order chi connectivity index (χ1) is 9.68. The predicted molar refractivity (Wildman–Crippen MR) is 73.7 cm³/mol. The van der Waals surface area contributed by atoms with E-state index in [1.807, 2.05) is 4.90 Å². The zero-order valence-electron chi connectivity index (χ0n) is 12.0. The third-order valence-electron chi connectivity index (χ3n) is 4.84. The van der Waals surface area contributed by atoms with Gasteiger partial charge in [0.15, 0.2) is 0 Å². The fourth-order valence-electron chi connectivity index (χ4n) is 3.60. The number of rotatable bonds is 2. The van der Waals surface area contributed by atoms with E-state index >= 15 is 0 Å². The molecule has 1 amide bonds. The van der Waals surface area contributed by atoms with Crippen LogP contribution in [-0.2, 0) is 14.3 Å². The van der Waals surface area contributed by atoms with Gasteiger partial charge in [-0.2, -0.15) is 0 Å². The summed E-state index contributed by atoms with van der Waals surface area (Å²) in [5, 5.41) is 3.35. The minimum Gasteiger partial charge on any atom is -0.456 e. The minimum atomic E-state index is -0.281. The molecule has 0 aromatic rings. The highest BCUT2D eigenvalue weighted by molar-refractivity contribution is 5.93. The van der Waals surface area contributed by atoms with Gasteiger partial charge in [0.05, 0.1) is 11.3 Å². The maximum Gasteiger partial charge on any atom is 0.336 e. The van der Waals surface area contributed by atoms with Crippen LogP contribution in [0.5, 0.6) is 0 Å². The van der Waals surface area contributed by atoms with Crippen molar-refractivity contribution in [2.24, 2.45) is 11.8 Å². The van der Waals surface area contributed by atoms with Crippen LogP contribution in [0.25, 0.3) is 0 Å². The summed E-state index contributed by atoms with van der Waals surface area (Å²) in [6, 6.07) is 0. The number of piperidine rings is 2. The van der Waals surface area contributed by atoms with Crippen molar-refractivity contribution in [1.82, 2.24) is 10.2 Å². The molecule has 0 aromatic carbocycles. The van der Waals surface area contributed by atoms with E-state index in [0.717, 1.165) is 51.0 Å². The van der Waals surface area contributed by atoms with Crippen LogP contribution in [0, 0.1) is 11.8 Å². The third-order valence-corrected chi connectivity index (χ3v) is 4.84. The summed E-state index contributed by atoms with van der Waals surface area (Å²) < 4.78 is 5.04. The van der Waals surface area contributed by atoms with Crippen LogP contribution >= 0.6 is 0 Å². The number of hydrogen-bond donors (Lipinski definition) is 1. The molecule has 3 heterocycles. The molecule has 5 nitrogen and oxygen atoms in total. The molecule has 5 heteroatoms. The molecule has 1 atom stereocenters. The summed E-state index contributed by atoms with van der Waals surface area (Å²) in [7, 11) is 0. The van der Waals surface area contributed by atoms with Gasteiger partial charge in [0, 0.05) is 12.5 Å². The quantitative estimate of drug-likeness (QED) is 0.767. The molecule has 3 rings (SSSR count). The monoisotopic (exact) mass is 278 g/mol. The lowest BCUT2D eigenvalue weighted by Gasteiger charge is -2.38. The van der Waals surface area contributed by atoms with Gasteiger partial charge in [0.25, 0.3) is 0 Å². The van der Waals surface area contributed by atoms with Gasteiger partial charge in [-0.25, -0.2) is 4.79 Å². The number of carbonyl (C=O) groups excluding carboxylic acids is 2. The topological polar surface area (TPSA) is 58.6 Å². The number of carbonyl (C=O) groups is 2. The van der Waals surface area contributed by atoms with Crippen LogP contribution in [0.1, 0.15) is 32.6 Å². The lowest BCUT2D eigenvalue weighted by atomic mass is 9.79. The van der Waals surface area contributed by atoms with Crippen LogP contribution in [-0.4, -0.2) is 43.0 Å². The third kappa shape index (κ3) is 2.35. The smallest absolute Gasteiger partial charge is 0.336 e. The first kappa shape index (κ1) is 13.6. The van der Waals surface area contributed by atoms with Gasteiger partial charge in [-0.15, -0.1) is 0 Å². The molecule has 0 radical (unpaired) electrons. The van der Waals surface area contributed by atoms with Crippen LogP contribution < -0.4 is 5.32 Å². The molecule has 0 aromatic heterocycles. The molecular weight excluding hydrogens is 256 g/mol. The minimum absolute atomic E-state index is 0.127. The first-order valence-corrected chi connectivity index (χ1v) is 7.57. The SMILES string of the molecule is CC1=C(N2CCC[C@H](C3CCNCC3)C2=O)COC1=O. The van der Waals surface area contributed by atoms with Crippen molar-refractivity contribution in [2.75, 3.05) is 26.2 Å². The van der Waals surface area contributed by atoms with E-state index in [2.05, 4.69) is 5.32 Å². The van der Waals surface area contributed by atoms with Crippen molar-refractivity contribution in [1.29, 1.82) is 0 Å². The number of amides is 1. The Bertz CT molecular complexity index is 452. The van der Waals surface area contributed by atoms with Crippen LogP contribution in [0.4, 0.5) is 0 Å². The van der Waals surface area contributed by atoms with Crippen LogP contribution in [0.3, 0.4) is 0 Å². The van der Waals surface area contributed by atoms with E-state index in [4.69, 9.17) is 4.74 Å². The fourth-order valence-corrected chi connectivity index (χ4v) is 3.60. The van der Waals surface area contributed by atoms with Gasteiger partial charge in [-0.3, -0.25) is 4.79 Å². The van der Waals surface area contributed by atoms with E-state index in [0.29, 0.717) is 11.5 Å². The Labute approximate surface area is 119 Å². The van der Waals surface area contributed by atoms with Crippen molar-refractivity contribution < 1.29 is 14.3 Å². The van der Waals surface area contributed by atoms with Crippen molar-refractivity contribution in [3.8, 4) is 0 Å². The molecule has 0 aliphatic carbocycles. The van der Waals surface area contributed by atoms with Crippen LogP contribution in [0.2, 0.25) is 0 Å². The highest BCUT2D eigenvalue weighted by Crippen LogP contribution is 2.33. The molecule has 3 aliphatic heterocycles. The maximum absolute atomic E-state index is 12.8. The van der Waals surface area contributed by atoms with Gasteiger partial charge in [-0.05, 0) is 51.6 Å². The van der Waals surface area contributed by atoms with E-state index in [1.165, 1.54) is 0 Å². The molecule has 2 saturated heterocycles. The van der Waals surface area contributed by atoms with E-state index < -0.39 is 0 Å². The lowest BCUT2D eigenvalue weighted by molar-refractivity contribution is -0.140. The number of ether oxygens (including phenoxy) is 1. The number of cyclic esters (lactones) is 1. The molecule has 3 aliphatic rings. The van der Waals surface area contributed by atoms with E-state index in [9.17, 15) is 9.59 Å². The molecule has 110 valence electrons. The summed E-state index contributed by atoms with van der Waals surface area (Å²) in [5.74, 6) is 0.542. The van der Waals surface area contributed by atoms with Crippen molar-refractivity contribution in [3.05, 3.63) is 11.3 Å². The Hall–Kier alpha value is -1.36. The number of likely N-dealkylation sites (tertiary alicyclic amines) is 1. The van der Waals surface area contributed by atoms with Crippen molar-refractivity contribution in [3.63, 3.8) is 0 Å². The van der Waals surface area contributed by atoms with Gasteiger partial charge in [0.1, 0.15) is 6.61 Å². The van der Waals surface area contributed by atoms with Crippen molar-refractivity contribution in [2.45, 2.75) is 32.6 Å². The Balaban J connectivity index is 1.76. The number of nitrogens with zero attached hydrogens (tertiary/aromatic N) is 1. The summed E-state index contributed by atoms with van der Waals surface area (Å²) >= 11 is 0. The van der Waals surface area contributed by atoms with Crippen LogP contribution in [0.15, 0.2) is 11.3 Å². The standard InChI is InChI=1S/C15H22N2O3/c1-10-13(9-20-15(10)19)17-8-2-3-12(14(17)18)11-4-6-16-7-5-11/h11-12,16H,2-9H2,1H3/t12-/m1/s1. The molecule has 2 fully saturated rings. The Morgan fingerprint density at radius 2 is 1.95 bits per heavy atom. The summed E-state index contributed by atoms with van der Waals surface area (Å²) in [4.78, 5) is 26.1. The molecule has 20 heavy (non-hydrogen) atoms. The second kappa shape index (κ2) is 5.56. The Morgan fingerprint density at radius 3 is 2.60 bits per heavy atom. The summed E-state index contributed by atoms with van der Waals surface area (Å²) in [6.45, 7) is 4.76. The molecule has 0 bridgehead atoms. The van der Waals surface area contributed by atoms with Gasteiger partial charge in [-0.1, -0.05) is 0 Å². The second-order valence-corrected chi connectivity index (χ2v) is 5.97. The zero-order valence-corrected chi connectivity index (χ0v) is 12.0. The Kier molecular flexibility index (Phi) is 3.78. The summed E-state index contributed by atoms with van der Waals surface area (Å²) in [5.41, 5.74) is 1.39. The molecular formula is C15H22N2O3. The highest BCUT2D eigenvalue weighted by atomic mass is 16.5. The second-order valence-electron chi connectivity index (χ2n) is 5.97. The van der Waals surface area contributed by atoms with Gasteiger partial charge < -0.3 is 15.0 Å². The van der Waals surface area contributed by atoms with Gasteiger partial charge >= 0.3 is 5.97 Å². The predicted octanol–water partition coefficient (Wildman–Crippen LogP) is 1.06. The highest BCUT2D eigenvalue weighted by Gasteiger charge is 2.38. The average molecular weight is 278 g/mol. The first-order valence-electron chi connectivity index (χ1n) is 7.57. The fraction of sp³-hybridized carbons (Fsp3) is 0.733. The number of esters is 1. The average Bonchev–Trinajstić information content (AvgIpc) is 2.80. The molecule has 0 unspecified atom stereocenters. The lowest BCUT2D eigenvalue weighted by Crippen LogP contribution is -2.46. The zero-order chi connectivity index (χ0) is 14.1. The number of nitrogens with one attached hydrogen (secondary N) is 1. The van der Waals surface area contributed by atoms with E-state index in [-0.39, 0.29) is 24.4 Å². The molecule has 1 N–H and O–H groups in total. The Morgan fingerprint density at radius 1 is 1.20 bits per heavy atom. The normalized spacial score (nSPS) is 29.1. The maximum atomic E-state index is 12.8. The van der Waals surface area contributed by atoms with E-state index in [1.54, 1.807) is 6.92 Å².